The predicted molar refractivity (Wildman–Crippen MR) is 144 cm³/mol. The average Bonchev–Trinajstić information content (AvgIpc) is 3.22. The molecule has 0 amide bonds. The number of halogens is 1. The van der Waals surface area contributed by atoms with Crippen LogP contribution < -0.4 is 0 Å². The van der Waals surface area contributed by atoms with Gasteiger partial charge in [-0.05, 0) is 96.7 Å². The van der Waals surface area contributed by atoms with E-state index in [4.69, 9.17) is 16.7 Å². The summed E-state index contributed by atoms with van der Waals surface area (Å²) in [5, 5.41) is 45.4. The number of aliphatic hydroxyl groups is 5. The quantitative estimate of drug-likeness (QED) is 0.335. The molecule has 0 saturated heterocycles. The van der Waals surface area contributed by atoms with Crippen LogP contribution in [0.5, 0.6) is 0 Å². The molecule has 0 radical (unpaired) electrons. The fourth-order valence-electron chi connectivity index (χ4n) is 5.60. The van der Waals surface area contributed by atoms with E-state index in [-0.39, 0.29) is 24.9 Å². The Morgan fingerprint density at radius 1 is 0.829 bits per heavy atom. The normalized spacial score (nSPS) is 16.5. The van der Waals surface area contributed by atoms with Crippen molar-refractivity contribution < 1.29 is 25.5 Å². The van der Waals surface area contributed by atoms with Crippen molar-refractivity contribution in [3.05, 3.63) is 67.7 Å². The highest BCUT2D eigenvalue weighted by atomic mass is 35.5. The largest absolute Gasteiger partial charge is 0.397 e. The molecular weight excluding hydrogens is 464 g/mol. The molecule has 198 valence electrons. The van der Waals surface area contributed by atoms with Gasteiger partial charge in [-0.2, -0.15) is 0 Å². The second-order valence-electron chi connectivity index (χ2n) is 10.6. The van der Waals surface area contributed by atoms with E-state index in [9.17, 15) is 20.4 Å². The van der Waals surface area contributed by atoms with Crippen LogP contribution in [0.25, 0.3) is 0 Å². The molecule has 2 aromatic carbocycles. The second kappa shape index (κ2) is 12.2. The third kappa shape index (κ3) is 6.65. The lowest BCUT2D eigenvalue weighted by Crippen LogP contribution is -2.15. The maximum Gasteiger partial charge on any atom is 0.178 e. The van der Waals surface area contributed by atoms with Crippen LogP contribution >= 0.6 is 11.6 Å². The smallest absolute Gasteiger partial charge is 0.178 e. The van der Waals surface area contributed by atoms with Gasteiger partial charge in [0.05, 0.1) is 0 Å². The summed E-state index contributed by atoms with van der Waals surface area (Å²) in [6.07, 6.45) is 1.49. The van der Waals surface area contributed by atoms with E-state index in [1.165, 1.54) is 22.3 Å². The number of hydrogen-bond donors (Lipinski definition) is 5. The number of aryl methyl sites for hydroxylation is 1. The van der Waals surface area contributed by atoms with Crippen molar-refractivity contribution in [1.82, 2.24) is 0 Å². The second-order valence-corrected chi connectivity index (χ2v) is 11.0. The van der Waals surface area contributed by atoms with Gasteiger partial charge in [0.25, 0.3) is 0 Å². The van der Waals surface area contributed by atoms with Crippen molar-refractivity contribution >= 4 is 11.6 Å². The Hall–Kier alpha value is -1.47. The van der Waals surface area contributed by atoms with Gasteiger partial charge in [0.1, 0.15) is 0 Å². The van der Waals surface area contributed by atoms with Gasteiger partial charge in [0.2, 0.25) is 0 Å². The molecule has 0 heterocycles. The number of aliphatic hydroxyl groups excluding tert-OH is 3. The fraction of sp³-hybridized carbons (Fsp3) is 0.586. The molecular formula is C29H45ClO5. The van der Waals surface area contributed by atoms with Gasteiger partial charge >= 0.3 is 0 Å². The van der Waals surface area contributed by atoms with Crippen LogP contribution in [-0.2, 0) is 23.7 Å². The monoisotopic (exact) mass is 508 g/mol. The Balaban J connectivity index is 0.000000308. The first-order chi connectivity index (χ1) is 15.7. The first kappa shape index (κ1) is 31.6. The number of fused-ring (bicyclic) bond motifs is 2. The molecule has 0 spiro atoms. The van der Waals surface area contributed by atoms with Crippen LogP contribution in [0.1, 0.15) is 112 Å². The highest BCUT2D eigenvalue weighted by Gasteiger charge is 2.34. The molecule has 0 fully saturated rings. The third-order valence-corrected chi connectivity index (χ3v) is 7.54. The zero-order valence-corrected chi connectivity index (χ0v) is 22.3. The molecule has 2 aliphatic carbocycles. The molecule has 5 N–H and O–H groups in total. The molecule has 0 aliphatic heterocycles. The first-order valence-electron chi connectivity index (χ1n) is 12.0. The van der Waals surface area contributed by atoms with Gasteiger partial charge < -0.3 is 25.5 Å². The maximum atomic E-state index is 9.33. The van der Waals surface area contributed by atoms with Gasteiger partial charge in [0, 0.05) is 22.8 Å². The standard InChI is InChI=1S/C13H17ClO2.C13H18O2.C2H6O.CH4/c1-7-9(12(15)16)6-10(14)8-4-5-13(2,3)11(7)8;1-8-10(12(14)15)5-4-9-6-7-13(2,3)11(8)9;1-2-3;/h6,12,15-16H,4-5H2,1-3H3;4-5,12,14-15H,6-7H2,1-3H3;3H,2H2,1H3;1H4. The Morgan fingerprint density at radius 3 is 1.80 bits per heavy atom. The summed E-state index contributed by atoms with van der Waals surface area (Å²) in [4.78, 5) is 0. The minimum atomic E-state index is -1.45. The van der Waals surface area contributed by atoms with Crippen molar-refractivity contribution in [1.29, 1.82) is 0 Å². The van der Waals surface area contributed by atoms with Crippen molar-refractivity contribution in [2.45, 2.75) is 105 Å². The van der Waals surface area contributed by atoms with E-state index >= 15 is 0 Å². The highest BCUT2D eigenvalue weighted by Crippen LogP contribution is 2.45. The molecule has 2 aromatic rings. The summed E-state index contributed by atoms with van der Waals surface area (Å²) in [5.41, 5.74) is 8.48. The molecule has 0 saturated carbocycles. The molecule has 0 atom stereocenters. The predicted octanol–water partition coefficient (Wildman–Crippen LogP) is 5.69. The lowest BCUT2D eigenvalue weighted by Gasteiger charge is -2.24. The van der Waals surface area contributed by atoms with E-state index in [1.807, 2.05) is 26.0 Å². The molecule has 2 aliphatic rings. The Labute approximate surface area is 216 Å². The molecule has 6 heteroatoms. The first-order valence-corrected chi connectivity index (χ1v) is 12.4. The molecule has 0 bridgehead atoms. The fourth-order valence-corrected chi connectivity index (χ4v) is 5.91. The Kier molecular flexibility index (Phi) is 11.0. The van der Waals surface area contributed by atoms with Crippen molar-refractivity contribution in [2.75, 3.05) is 6.61 Å². The highest BCUT2D eigenvalue weighted by molar-refractivity contribution is 6.31. The number of rotatable bonds is 2. The summed E-state index contributed by atoms with van der Waals surface area (Å²) < 4.78 is 0. The SMILES string of the molecule is C.CCO.Cc1c(C(O)O)cc(Cl)c2c1C(C)(C)CC2.Cc1c(C(O)O)ccc2c1C(C)(C)CC2. The summed E-state index contributed by atoms with van der Waals surface area (Å²) in [7, 11) is 0. The van der Waals surface area contributed by atoms with Crippen LogP contribution in [0.2, 0.25) is 5.02 Å². The van der Waals surface area contributed by atoms with Gasteiger partial charge in [-0.15, -0.1) is 0 Å². The summed E-state index contributed by atoms with van der Waals surface area (Å²) in [5.74, 6) is 0. The van der Waals surface area contributed by atoms with Crippen LogP contribution in [0.3, 0.4) is 0 Å². The molecule has 35 heavy (non-hydrogen) atoms. The summed E-state index contributed by atoms with van der Waals surface area (Å²) in [6, 6.07) is 5.55. The van der Waals surface area contributed by atoms with Crippen molar-refractivity contribution in [2.24, 2.45) is 0 Å². The van der Waals surface area contributed by atoms with E-state index in [2.05, 4.69) is 27.7 Å². The summed E-state index contributed by atoms with van der Waals surface area (Å²) >= 11 is 6.20. The Bertz CT molecular complexity index is 1010. The number of hydrogen-bond acceptors (Lipinski definition) is 5. The molecule has 4 rings (SSSR count). The van der Waals surface area contributed by atoms with E-state index in [0.717, 1.165) is 36.8 Å². The topological polar surface area (TPSA) is 101 Å². The lowest BCUT2D eigenvalue weighted by atomic mass is 9.82. The average molecular weight is 509 g/mol. The lowest BCUT2D eigenvalue weighted by molar-refractivity contribution is -0.0436. The zero-order valence-electron chi connectivity index (χ0n) is 21.5. The summed E-state index contributed by atoms with van der Waals surface area (Å²) in [6.45, 7) is 14.7. The number of benzene rings is 2. The maximum absolute atomic E-state index is 9.33. The molecule has 0 aromatic heterocycles. The van der Waals surface area contributed by atoms with Gasteiger partial charge in [0.15, 0.2) is 12.6 Å². The van der Waals surface area contributed by atoms with Gasteiger partial charge in [-0.25, -0.2) is 0 Å². The minimum Gasteiger partial charge on any atom is -0.397 e. The molecule has 0 unspecified atom stereocenters. The zero-order chi connectivity index (χ0) is 26.0. The molecule has 5 nitrogen and oxygen atoms in total. The van der Waals surface area contributed by atoms with E-state index in [1.54, 1.807) is 13.0 Å². The van der Waals surface area contributed by atoms with Gasteiger partial charge in [-0.3, -0.25) is 0 Å². The van der Waals surface area contributed by atoms with Crippen LogP contribution in [-0.4, -0.2) is 32.1 Å². The van der Waals surface area contributed by atoms with Crippen molar-refractivity contribution in [3.8, 4) is 0 Å². The third-order valence-electron chi connectivity index (χ3n) is 7.20. The van der Waals surface area contributed by atoms with Crippen molar-refractivity contribution in [3.63, 3.8) is 0 Å². The van der Waals surface area contributed by atoms with Crippen LogP contribution in [0, 0.1) is 13.8 Å². The minimum absolute atomic E-state index is 0. The van der Waals surface area contributed by atoms with Crippen LogP contribution in [0.4, 0.5) is 0 Å². The van der Waals surface area contributed by atoms with Crippen LogP contribution in [0.15, 0.2) is 18.2 Å². The van der Waals surface area contributed by atoms with Gasteiger partial charge in [-0.1, -0.05) is 58.9 Å². The van der Waals surface area contributed by atoms with E-state index < -0.39 is 12.6 Å². The van der Waals surface area contributed by atoms with E-state index in [0.29, 0.717) is 16.1 Å². The Morgan fingerprint density at radius 2 is 1.29 bits per heavy atom.